The monoisotopic (exact) mass is 458 g/mol. The molecule has 1 saturated heterocycles. The first-order chi connectivity index (χ1) is 14.5. The van der Waals surface area contributed by atoms with Crippen molar-refractivity contribution in [2.24, 2.45) is 0 Å². The van der Waals surface area contributed by atoms with Crippen molar-refractivity contribution in [2.75, 3.05) is 5.73 Å². The van der Waals surface area contributed by atoms with E-state index in [1.807, 2.05) is 0 Å². The summed E-state index contributed by atoms with van der Waals surface area (Å²) >= 11 is 5.95. The van der Waals surface area contributed by atoms with Gasteiger partial charge in [-0.1, -0.05) is 23.7 Å². The van der Waals surface area contributed by atoms with Crippen molar-refractivity contribution < 1.29 is 33.2 Å². The lowest BCUT2D eigenvalue weighted by atomic mass is 9.85. The van der Waals surface area contributed by atoms with Crippen LogP contribution in [0, 0.1) is 6.92 Å². The van der Waals surface area contributed by atoms with Gasteiger partial charge in [0.05, 0.1) is 5.39 Å². The Hall–Kier alpha value is -2.44. The normalized spacial score (nSPS) is 27.7. The fourth-order valence-electron chi connectivity index (χ4n) is 3.80. The molecule has 1 unspecified atom stereocenters. The van der Waals surface area contributed by atoms with Crippen LogP contribution in [0.2, 0.25) is 5.02 Å². The summed E-state index contributed by atoms with van der Waals surface area (Å²) in [4.78, 5) is 7.78. The van der Waals surface area contributed by atoms with Gasteiger partial charge < -0.3 is 30.4 Å². The number of aryl methyl sites for hydroxylation is 1. The highest BCUT2D eigenvalue weighted by Gasteiger charge is 2.72. The Balaban J connectivity index is 1.81. The second-order valence-corrected chi connectivity index (χ2v) is 7.80. The van der Waals surface area contributed by atoms with Crippen LogP contribution >= 0.6 is 11.6 Å². The number of nitrogen functional groups attached to an aromatic ring is 1. The fourth-order valence-corrected chi connectivity index (χ4v) is 3.92. The summed E-state index contributed by atoms with van der Waals surface area (Å²) in [6.45, 7) is 1.61. The molecular formula is C19H18ClF3N4O4. The van der Waals surface area contributed by atoms with Crippen LogP contribution in [0.5, 0.6) is 0 Å². The molecule has 0 aliphatic carbocycles. The maximum absolute atomic E-state index is 14.0. The lowest BCUT2D eigenvalue weighted by Gasteiger charge is -2.35. The van der Waals surface area contributed by atoms with Gasteiger partial charge in [0.1, 0.15) is 36.1 Å². The summed E-state index contributed by atoms with van der Waals surface area (Å²) < 4.78 is 48.5. The van der Waals surface area contributed by atoms with Crippen LogP contribution in [0.25, 0.3) is 11.0 Å². The van der Waals surface area contributed by atoms with Crippen LogP contribution in [0.4, 0.5) is 19.0 Å². The first kappa shape index (κ1) is 21.8. The van der Waals surface area contributed by atoms with Crippen LogP contribution in [-0.2, 0) is 4.74 Å². The molecule has 0 saturated carbocycles. The highest BCUT2D eigenvalue weighted by molar-refractivity contribution is 6.31. The van der Waals surface area contributed by atoms with Crippen LogP contribution in [-0.4, -0.2) is 53.8 Å². The van der Waals surface area contributed by atoms with E-state index in [9.17, 15) is 28.5 Å². The predicted molar refractivity (Wildman–Crippen MR) is 104 cm³/mol. The smallest absolute Gasteiger partial charge is 0.386 e. The van der Waals surface area contributed by atoms with E-state index in [2.05, 4.69) is 9.97 Å². The number of hydrogen-bond acceptors (Lipinski definition) is 7. The molecule has 5 N–H and O–H groups in total. The van der Waals surface area contributed by atoms with Gasteiger partial charge in [0.2, 0.25) is 5.60 Å². The third-order valence-corrected chi connectivity index (χ3v) is 5.94. The molecule has 0 spiro atoms. The molecule has 12 heteroatoms. The number of nitrogens with zero attached hydrogens (tertiary/aromatic N) is 3. The van der Waals surface area contributed by atoms with E-state index in [-0.39, 0.29) is 17.0 Å². The maximum atomic E-state index is 14.0. The second-order valence-electron chi connectivity index (χ2n) is 7.39. The highest BCUT2D eigenvalue weighted by Crippen LogP contribution is 2.51. The number of anilines is 1. The van der Waals surface area contributed by atoms with Crippen molar-refractivity contribution in [2.45, 2.75) is 43.2 Å². The number of alkyl halides is 3. The topological polar surface area (TPSA) is 127 Å². The zero-order valence-electron chi connectivity index (χ0n) is 16.0. The second kappa shape index (κ2) is 7.31. The Labute approximate surface area is 178 Å². The van der Waals surface area contributed by atoms with Crippen molar-refractivity contribution in [3.63, 3.8) is 0 Å². The van der Waals surface area contributed by atoms with Gasteiger partial charge in [-0.3, -0.25) is 0 Å². The molecule has 1 fully saturated rings. The molecule has 0 amide bonds. The number of aliphatic hydroxyl groups excluding tert-OH is 2. The number of rotatable bonds is 3. The minimum atomic E-state index is -5.33. The van der Waals surface area contributed by atoms with Gasteiger partial charge in [0.25, 0.3) is 0 Å². The van der Waals surface area contributed by atoms with Gasteiger partial charge >= 0.3 is 6.18 Å². The SMILES string of the molecule is Cc1cc(C(O)[C@H]2O[C@@H](n3ccc4c(N)ncnc43)[C@H](O)[C@@]2(O)C(F)(F)F)ccc1Cl. The maximum Gasteiger partial charge on any atom is 0.422 e. The van der Waals surface area contributed by atoms with Gasteiger partial charge in [-0.15, -0.1) is 0 Å². The molecule has 0 radical (unpaired) electrons. The molecule has 3 heterocycles. The molecule has 1 aromatic carbocycles. The number of halogens is 4. The quantitative estimate of drug-likeness (QED) is 0.474. The number of nitrogens with two attached hydrogens (primary N) is 1. The zero-order valence-corrected chi connectivity index (χ0v) is 16.7. The Bertz CT molecular complexity index is 1140. The van der Waals surface area contributed by atoms with Crippen LogP contribution in [0.1, 0.15) is 23.5 Å². The minimum absolute atomic E-state index is 0.0337. The number of benzene rings is 1. The van der Waals surface area contributed by atoms with E-state index >= 15 is 0 Å². The van der Waals surface area contributed by atoms with Crippen LogP contribution in [0.15, 0.2) is 36.8 Å². The first-order valence-corrected chi connectivity index (χ1v) is 9.48. The molecule has 0 bridgehead atoms. The number of aromatic nitrogens is 3. The first-order valence-electron chi connectivity index (χ1n) is 9.10. The van der Waals surface area contributed by atoms with Crippen molar-refractivity contribution >= 4 is 28.5 Å². The van der Waals surface area contributed by atoms with Gasteiger partial charge in [0, 0.05) is 11.2 Å². The number of hydrogen-bond donors (Lipinski definition) is 4. The molecular weight excluding hydrogens is 441 g/mol. The van der Waals surface area contributed by atoms with Gasteiger partial charge in [0.15, 0.2) is 6.23 Å². The van der Waals surface area contributed by atoms with Crippen molar-refractivity contribution in [1.29, 1.82) is 0 Å². The van der Waals surface area contributed by atoms with E-state index < -0.39 is 36.3 Å². The summed E-state index contributed by atoms with van der Waals surface area (Å²) in [5, 5.41) is 32.6. The van der Waals surface area contributed by atoms with Crippen LogP contribution in [0.3, 0.4) is 0 Å². The standard InChI is InChI=1S/C19H18ClF3N4O4/c1-8-6-9(2-3-11(8)20)12(28)14-18(30,19(21,22)23)13(29)17(31-14)27-5-4-10-15(24)25-7-26-16(10)27/h2-7,12-14,17,28-30H,1H3,(H2,24,25,26)/t12?,13-,14+,17+,18-/m0/s1. The molecule has 5 atom stereocenters. The van der Waals surface area contributed by atoms with E-state index in [1.165, 1.54) is 30.5 Å². The Morgan fingerprint density at radius 2 is 2.00 bits per heavy atom. The largest absolute Gasteiger partial charge is 0.422 e. The summed E-state index contributed by atoms with van der Waals surface area (Å²) in [6.07, 6.45) is -11.3. The van der Waals surface area contributed by atoms with Crippen molar-refractivity contribution in [3.8, 4) is 0 Å². The fraction of sp³-hybridized carbons (Fsp3) is 0.368. The molecule has 3 aromatic rings. The molecule has 1 aliphatic heterocycles. The molecule has 1 aliphatic rings. The third-order valence-electron chi connectivity index (χ3n) is 5.52. The van der Waals surface area contributed by atoms with E-state index in [4.69, 9.17) is 22.1 Å². The van der Waals surface area contributed by atoms with Crippen molar-refractivity contribution in [3.05, 3.63) is 52.9 Å². The Kier molecular flexibility index (Phi) is 5.14. The molecule has 4 rings (SSSR count). The lowest BCUT2D eigenvalue weighted by molar-refractivity contribution is -0.302. The Morgan fingerprint density at radius 3 is 2.65 bits per heavy atom. The van der Waals surface area contributed by atoms with Gasteiger partial charge in [-0.25, -0.2) is 9.97 Å². The van der Waals surface area contributed by atoms with E-state index in [0.717, 1.165) is 10.9 Å². The third kappa shape index (κ3) is 3.24. The summed E-state index contributed by atoms with van der Waals surface area (Å²) in [7, 11) is 0. The van der Waals surface area contributed by atoms with Crippen molar-refractivity contribution in [1.82, 2.24) is 14.5 Å². The average molecular weight is 459 g/mol. The minimum Gasteiger partial charge on any atom is -0.386 e. The van der Waals surface area contributed by atoms with E-state index in [1.54, 1.807) is 6.92 Å². The molecule has 8 nitrogen and oxygen atoms in total. The van der Waals surface area contributed by atoms with Crippen LogP contribution < -0.4 is 5.73 Å². The summed E-state index contributed by atoms with van der Waals surface area (Å²) in [5.74, 6) is 0.0792. The summed E-state index contributed by atoms with van der Waals surface area (Å²) in [6, 6.07) is 5.55. The number of fused-ring (bicyclic) bond motifs is 1. The van der Waals surface area contributed by atoms with Gasteiger partial charge in [-0.05, 0) is 30.2 Å². The van der Waals surface area contributed by atoms with Gasteiger partial charge in [-0.2, -0.15) is 13.2 Å². The predicted octanol–water partition coefficient (Wildman–Crippen LogP) is 2.26. The lowest BCUT2D eigenvalue weighted by Crippen LogP contribution is -2.60. The molecule has 2 aromatic heterocycles. The van der Waals surface area contributed by atoms with E-state index in [0.29, 0.717) is 16.0 Å². The average Bonchev–Trinajstić information content (AvgIpc) is 3.24. The summed E-state index contributed by atoms with van der Waals surface area (Å²) in [5.41, 5.74) is 2.61. The number of aliphatic hydroxyl groups is 3. The Morgan fingerprint density at radius 1 is 1.29 bits per heavy atom. The number of ether oxygens (including phenoxy) is 1. The highest BCUT2D eigenvalue weighted by atomic mass is 35.5. The zero-order chi connectivity index (χ0) is 22.7. The molecule has 166 valence electrons. The molecule has 31 heavy (non-hydrogen) atoms.